The van der Waals surface area contributed by atoms with Gasteiger partial charge in [-0.1, -0.05) is 18.2 Å². The third-order valence-electron chi connectivity index (χ3n) is 3.16. The fourth-order valence-electron chi connectivity index (χ4n) is 2.36. The third-order valence-corrected chi connectivity index (χ3v) is 3.16. The average Bonchev–Trinajstić information content (AvgIpc) is 2.92. The Balaban J connectivity index is 1.84. The van der Waals surface area contributed by atoms with Crippen LogP contribution in [0.25, 0.3) is 0 Å². The highest BCUT2D eigenvalue weighted by atomic mass is 16.8. The van der Waals surface area contributed by atoms with E-state index in [2.05, 4.69) is 0 Å². The third kappa shape index (κ3) is 1.14. The molecule has 0 N–H and O–H groups in total. The van der Waals surface area contributed by atoms with Gasteiger partial charge in [-0.3, -0.25) is 0 Å². The van der Waals surface area contributed by atoms with Crippen molar-refractivity contribution >= 4 is 6.89 Å². The fourth-order valence-corrected chi connectivity index (χ4v) is 2.36. The summed E-state index contributed by atoms with van der Waals surface area (Å²) in [6.45, 7) is -1.38. The van der Waals surface area contributed by atoms with E-state index in [1.165, 1.54) is 0 Å². The quantitative estimate of drug-likeness (QED) is 0.635. The number of hydrogen-bond donors (Lipinski definition) is 0. The predicted octanol–water partition coefficient (Wildman–Crippen LogP) is 1.26. The van der Waals surface area contributed by atoms with Crippen LogP contribution in [-0.2, 0) is 11.3 Å². The molecule has 17 heavy (non-hydrogen) atoms. The number of pyridine rings is 1. The van der Waals surface area contributed by atoms with Crippen LogP contribution >= 0.6 is 0 Å². The topological polar surface area (TPSA) is 31.6 Å². The molecule has 1 spiro atoms. The first kappa shape index (κ1) is 9.07. The standard InChI is InChI=1S/C12H10BNO3/c1-2-7-12-11(6-1)16-13(17-12)14-8-4-3-5-10(14)9-15-13/h1-8H,9H2. The van der Waals surface area contributed by atoms with Crippen molar-refractivity contribution in [2.45, 2.75) is 6.61 Å². The second-order valence-electron chi connectivity index (χ2n) is 4.20. The molecule has 0 aliphatic carbocycles. The summed E-state index contributed by atoms with van der Waals surface area (Å²) < 4.78 is 19.4. The molecule has 3 heterocycles. The molecule has 0 radical (unpaired) electrons. The minimum atomic E-state index is -1.88. The van der Waals surface area contributed by atoms with Crippen LogP contribution in [0, 0.1) is 0 Å². The van der Waals surface area contributed by atoms with Crippen LogP contribution in [0.2, 0.25) is 0 Å². The lowest BCUT2D eigenvalue weighted by molar-refractivity contribution is -0.576. The van der Waals surface area contributed by atoms with Crippen LogP contribution < -0.4 is 13.8 Å². The van der Waals surface area contributed by atoms with E-state index in [1.54, 1.807) is 0 Å². The molecule has 4 rings (SSSR count). The van der Waals surface area contributed by atoms with Gasteiger partial charge in [0.1, 0.15) is 17.7 Å². The van der Waals surface area contributed by atoms with Crippen molar-refractivity contribution in [3.8, 4) is 11.5 Å². The van der Waals surface area contributed by atoms with Gasteiger partial charge in [0.15, 0.2) is 5.69 Å². The van der Waals surface area contributed by atoms with Gasteiger partial charge in [-0.15, -0.1) is 0 Å². The van der Waals surface area contributed by atoms with Gasteiger partial charge < -0.3 is 18.4 Å². The SMILES string of the molecule is c1ccc2c(c1)O[B-]1(OCc3cccc[n+]31)O2. The second kappa shape index (κ2) is 3.02. The van der Waals surface area contributed by atoms with Gasteiger partial charge in [0, 0.05) is 6.07 Å². The normalized spacial score (nSPS) is 18.4. The van der Waals surface area contributed by atoms with Crippen LogP contribution in [0.5, 0.6) is 11.5 Å². The first-order chi connectivity index (χ1) is 8.37. The monoisotopic (exact) mass is 227 g/mol. The van der Waals surface area contributed by atoms with Crippen molar-refractivity contribution in [2.75, 3.05) is 0 Å². The summed E-state index contributed by atoms with van der Waals surface area (Å²) in [7, 11) is 0. The van der Waals surface area contributed by atoms with Crippen LogP contribution in [0.15, 0.2) is 48.7 Å². The molecule has 0 unspecified atom stereocenters. The number of rotatable bonds is 0. The molecule has 84 valence electrons. The first-order valence-corrected chi connectivity index (χ1v) is 5.61. The van der Waals surface area contributed by atoms with Gasteiger partial charge in [0.05, 0.1) is 6.61 Å². The largest absolute Gasteiger partial charge is 0.819 e. The molecule has 0 bridgehead atoms. The van der Waals surface area contributed by atoms with E-state index in [0.29, 0.717) is 6.61 Å². The van der Waals surface area contributed by atoms with Crippen molar-refractivity contribution in [1.82, 2.24) is 0 Å². The van der Waals surface area contributed by atoms with Crippen LogP contribution in [0.1, 0.15) is 5.69 Å². The van der Waals surface area contributed by atoms with Crippen molar-refractivity contribution in [3.63, 3.8) is 0 Å². The zero-order chi connectivity index (χ0) is 11.3. The van der Waals surface area contributed by atoms with E-state index < -0.39 is 6.89 Å². The van der Waals surface area contributed by atoms with Crippen molar-refractivity contribution < 1.29 is 18.4 Å². The van der Waals surface area contributed by atoms with E-state index >= 15 is 0 Å². The minimum Gasteiger partial charge on any atom is -0.592 e. The molecule has 2 aliphatic rings. The highest BCUT2D eigenvalue weighted by Crippen LogP contribution is 2.37. The van der Waals surface area contributed by atoms with E-state index in [9.17, 15) is 0 Å². The first-order valence-electron chi connectivity index (χ1n) is 5.61. The maximum atomic E-state index is 5.86. The lowest BCUT2D eigenvalue weighted by Crippen LogP contribution is -2.70. The van der Waals surface area contributed by atoms with E-state index in [1.807, 2.05) is 53.1 Å². The molecule has 0 saturated heterocycles. The summed E-state index contributed by atoms with van der Waals surface area (Å²) in [5.41, 5.74) is 1.06. The van der Waals surface area contributed by atoms with Gasteiger partial charge in [-0.05, 0) is 18.2 Å². The Hall–Kier alpha value is -2.01. The summed E-state index contributed by atoms with van der Waals surface area (Å²) in [6.07, 6.45) is 1.92. The zero-order valence-electron chi connectivity index (χ0n) is 9.08. The Kier molecular flexibility index (Phi) is 1.61. The van der Waals surface area contributed by atoms with Crippen LogP contribution in [-0.4, -0.2) is 6.89 Å². The van der Waals surface area contributed by atoms with Gasteiger partial charge in [0.25, 0.3) is 0 Å². The summed E-state index contributed by atoms with van der Waals surface area (Å²) in [5, 5.41) is 0. The molecular formula is C12H10BNO3. The van der Waals surface area contributed by atoms with E-state index in [0.717, 1.165) is 17.2 Å². The number of benzene rings is 1. The van der Waals surface area contributed by atoms with Crippen LogP contribution in [0.4, 0.5) is 0 Å². The molecule has 1 aromatic carbocycles. The maximum Gasteiger partial charge on any atom is 0.819 e. The molecule has 5 heteroatoms. The molecular weight excluding hydrogens is 217 g/mol. The number of fused-ring (bicyclic) bond motifs is 3. The Labute approximate surface area is 98.4 Å². The fraction of sp³-hybridized carbons (Fsp3) is 0.0833. The molecule has 4 nitrogen and oxygen atoms in total. The number of nitrogens with zero attached hydrogens (tertiary/aromatic N) is 1. The number of para-hydroxylation sites is 2. The summed E-state index contributed by atoms with van der Waals surface area (Å²) in [6, 6.07) is 13.5. The Bertz CT molecular complexity index is 577. The Morgan fingerprint density at radius 2 is 1.65 bits per heavy atom. The van der Waals surface area contributed by atoms with Crippen molar-refractivity contribution in [3.05, 3.63) is 54.4 Å². The van der Waals surface area contributed by atoms with E-state index in [-0.39, 0.29) is 0 Å². The van der Waals surface area contributed by atoms with Crippen molar-refractivity contribution in [1.29, 1.82) is 0 Å². The molecule has 0 fully saturated rings. The molecule has 2 aromatic rings. The zero-order valence-corrected chi connectivity index (χ0v) is 9.08. The smallest absolute Gasteiger partial charge is 0.592 e. The maximum absolute atomic E-state index is 5.86. The second-order valence-corrected chi connectivity index (χ2v) is 4.20. The van der Waals surface area contributed by atoms with Crippen LogP contribution in [0.3, 0.4) is 0 Å². The lowest BCUT2D eigenvalue weighted by atomic mass is 9.98. The molecule has 1 aromatic heterocycles. The molecule has 0 atom stereocenters. The lowest BCUT2D eigenvalue weighted by Gasteiger charge is -2.21. The van der Waals surface area contributed by atoms with E-state index in [4.69, 9.17) is 14.0 Å². The number of hydrogen-bond acceptors (Lipinski definition) is 3. The number of aromatic nitrogens is 1. The van der Waals surface area contributed by atoms with Gasteiger partial charge in [0.2, 0.25) is 0 Å². The minimum absolute atomic E-state index is 0.509. The summed E-state index contributed by atoms with van der Waals surface area (Å²) in [5.74, 6) is 1.47. The molecule has 2 aliphatic heterocycles. The Morgan fingerprint density at radius 1 is 0.941 bits per heavy atom. The summed E-state index contributed by atoms with van der Waals surface area (Å²) >= 11 is 0. The highest BCUT2D eigenvalue weighted by Gasteiger charge is 2.58. The molecule has 0 saturated carbocycles. The Morgan fingerprint density at radius 3 is 2.41 bits per heavy atom. The average molecular weight is 227 g/mol. The predicted molar refractivity (Wildman–Crippen MR) is 60.3 cm³/mol. The molecule has 0 amide bonds. The summed E-state index contributed by atoms with van der Waals surface area (Å²) in [4.78, 5) is 0. The van der Waals surface area contributed by atoms with Gasteiger partial charge in [-0.2, -0.15) is 0 Å². The van der Waals surface area contributed by atoms with Gasteiger partial charge >= 0.3 is 6.89 Å². The van der Waals surface area contributed by atoms with Gasteiger partial charge in [-0.25, -0.2) is 0 Å². The van der Waals surface area contributed by atoms with Crippen molar-refractivity contribution in [2.24, 2.45) is 0 Å². The highest BCUT2D eigenvalue weighted by molar-refractivity contribution is 6.54.